The Balaban J connectivity index is 3.27. The zero-order chi connectivity index (χ0) is 9.56. The summed E-state index contributed by atoms with van der Waals surface area (Å²) in [6.45, 7) is 0. The van der Waals surface area contributed by atoms with E-state index >= 15 is 0 Å². The van der Waals surface area contributed by atoms with Gasteiger partial charge < -0.3 is 28.7 Å². The lowest BCUT2D eigenvalue weighted by atomic mass is 10.1. The van der Waals surface area contributed by atoms with Crippen LogP contribution < -0.4 is 28.7 Å². The minimum absolute atomic E-state index is 0.120. The molecule has 74 valence electrons. The minimum atomic E-state index is -0.261. The fourth-order valence-electron chi connectivity index (χ4n) is 0.957. The molecule has 0 aliphatic carbocycles. The molecule has 5 nitrogen and oxygen atoms in total. The van der Waals surface area contributed by atoms with Crippen molar-refractivity contribution in [2.45, 2.75) is 44.1 Å². The Hall–Kier alpha value is -0.200. The first kappa shape index (κ1) is 11.8. The molecule has 0 aliphatic heterocycles. The van der Waals surface area contributed by atoms with Crippen LogP contribution in [0.15, 0.2) is 0 Å². The van der Waals surface area contributed by atoms with Gasteiger partial charge in [-0.05, 0) is 25.7 Å². The summed E-state index contributed by atoms with van der Waals surface area (Å²) in [6, 6.07) is 0.120. The van der Waals surface area contributed by atoms with E-state index in [0.29, 0.717) is 0 Å². The van der Waals surface area contributed by atoms with Gasteiger partial charge in [0.25, 0.3) is 0 Å². The van der Waals surface area contributed by atoms with Gasteiger partial charge in [0.1, 0.15) is 0 Å². The van der Waals surface area contributed by atoms with Crippen molar-refractivity contribution in [1.29, 1.82) is 0 Å². The molecule has 12 heavy (non-hydrogen) atoms. The lowest BCUT2D eigenvalue weighted by Gasteiger charge is -2.13. The highest BCUT2D eigenvalue weighted by molar-refractivity contribution is 4.66. The summed E-state index contributed by atoms with van der Waals surface area (Å²) in [4.78, 5) is 0. The Kier molecular flexibility index (Phi) is 6.23. The summed E-state index contributed by atoms with van der Waals surface area (Å²) in [7, 11) is 0. The smallest absolute Gasteiger partial charge is 0.0521 e. The third kappa shape index (κ3) is 7.90. The van der Waals surface area contributed by atoms with Crippen LogP contribution in [-0.2, 0) is 0 Å². The van der Waals surface area contributed by atoms with Crippen LogP contribution in [0.25, 0.3) is 0 Å². The van der Waals surface area contributed by atoms with Crippen molar-refractivity contribution in [2.75, 3.05) is 0 Å². The standard InChI is InChI=1S/C7H21N5/c8-5(1-3-6(9)10)2-4-7(11)12/h5-7H,1-4,8-12H2. The van der Waals surface area contributed by atoms with Gasteiger partial charge in [0.05, 0.1) is 12.3 Å². The van der Waals surface area contributed by atoms with E-state index in [0.717, 1.165) is 25.7 Å². The molecule has 10 N–H and O–H groups in total. The second-order valence-electron chi connectivity index (χ2n) is 3.24. The first-order valence-corrected chi connectivity index (χ1v) is 4.30. The average Bonchev–Trinajstić information content (AvgIpc) is 1.96. The fourth-order valence-corrected chi connectivity index (χ4v) is 0.957. The van der Waals surface area contributed by atoms with Crippen molar-refractivity contribution in [3.8, 4) is 0 Å². The van der Waals surface area contributed by atoms with E-state index in [9.17, 15) is 0 Å². The molecule has 0 unspecified atom stereocenters. The van der Waals surface area contributed by atoms with E-state index in [1.165, 1.54) is 0 Å². The second-order valence-corrected chi connectivity index (χ2v) is 3.24. The molecule has 0 fully saturated rings. The Morgan fingerprint density at radius 3 is 1.17 bits per heavy atom. The van der Waals surface area contributed by atoms with Crippen LogP contribution in [0, 0.1) is 0 Å². The van der Waals surface area contributed by atoms with Gasteiger partial charge in [0.15, 0.2) is 0 Å². The molecule has 0 bridgehead atoms. The maximum atomic E-state index is 5.75. The molecule has 0 aromatic heterocycles. The maximum absolute atomic E-state index is 5.75. The Labute approximate surface area is 73.6 Å². The second kappa shape index (κ2) is 6.33. The first-order chi connectivity index (χ1) is 5.52. The normalized spacial score (nSPS) is 12.0. The highest BCUT2D eigenvalue weighted by atomic mass is 14.9. The van der Waals surface area contributed by atoms with E-state index in [-0.39, 0.29) is 18.4 Å². The van der Waals surface area contributed by atoms with Gasteiger partial charge in [-0.3, -0.25) is 0 Å². The number of nitrogens with two attached hydrogens (primary N) is 5. The maximum Gasteiger partial charge on any atom is 0.0521 e. The molecular formula is C7H21N5. The molecule has 0 radical (unpaired) electrons. The van der Waals surface area contributed by atoms with Crippen molar-refractivity contribution in [3.63, 3.8) is 0 Å². The third-order valence-corrected chi connectivity index (χ3v) is 1.74. The van der Waals surface area contributed by atoms with Gasteiger partial charge in [0.2, 0.25) is 0 Å². The molecule has 0 saturated carbocycles. The van der Waals surface area contributed by atoms with Crippen molar-refractivity contribution < 1.29 is 0 Å². The van der Waals surface area contributed by atoms with Gasteiger partial charge in [-0.25, -0.2) is 0 Å². The molecule has 0 atom stereocenters. The van der Waals surface area contributed by atoms with E-state index in [1.54, 1.807) is 0 Å². The van der Waals surface area contributed by atoms with Crippen LogP contribution in [0.3, 0.4) is 0 Å². The lowest BCUT2D eigenvalue weighted by Crippen LogP contribution is -2.35. The van der Waals surface area contributed by atoms with Crippen LogP contribution in [0.5, 0.6) is 0 Å². The quantitative estimate of drug-likeness (QED) is 0.309. The van der Waals surface area contributed by atoms with E-state index < -0.39 is 0 Å². The summed E-state index contributed by atoms with van der Waals surface area (Å²) in [5.41, 5.74) is 27.2. The fraction of sp³-hybridized carbons (Fsp3) is 1.00. The topological polar surface area (TPSA) is 130 Å². The van der Waals surface area contributed by atoms with Crippen molar-refractivity contribution in [1.82, 2.24) is 0 Å². The predicted octanol–water partition coefficient (Wildman–Crippen LogP) is -1.64. The molecule has 5 heteroatoms. The van der Waals surface area contributed by atoms with Crippen LogP contribution in [-0.4, -0.2) is 18.4 Å². The van der Waals surface area contributed by atoms with Gasteiger partial charge in [-0.2, -0.15) is 0 Å². The number of rotatable bonds is 6. The molecule has 0 saturated heterocycles. The van der Waals surface area contributed by atoms with Gasteiger partial charge in [-0.1, -0.05) is 0 Å². The summed E-state index contributed by atoms with van der Waals surface area (Å²) in [5.74, 6) is 0. The van der Waals surface area contributed by atoms with E-state index in [4.69, 9.17) is 28.7 Å². The molecule has 0 heterocycles. The molecule has 0 spiro atoms. The lowest BCUT2D eigenvalue weighted by molar-refractivity contribution is 0.470. The highest BCUT2D eigenvalue weighted by Gasteiger charge is 2.05. The predicted molar refractivity (Wildman–Crippen MR) is 50.8 cm³/mol. The van der Waals surface area contributed by atoms with Crippen molar-refractivity contribution in [2.24, 2.45) is 28.7 Å². The molecule has 0 amide bonds. The zero-order valence-electron chi connectivity index (χ0n) is 7.45. The Bertz CT molecular complexity index is 92.0. The Morgan fingerprint density at radius 1 is 0.583 bits per heavy atom. The highest BCUT2D eigenvalue weighted by Crippen LogP contribution is 2.02. The van der Waals surface area contributed by atoms with Crippen LogP contribution in [0.1, 0.15) is 25.7 Å². The zero-order valence-corrected chi connectivity index (χ0v) is 7.45. The summed E-state index contributed by atoms with van der Waals surface area (Å²) in [5, 5.41) is 0. The summed E-state index contributed by atoms with van der Waals surface area (Å²) in [6.07, 6.45) is 2.65. The molecule has 0 aromatic carbocycles. The number of hydrogen-bond donors (Lipinski definition) is 5. The molecule has 0 aliphatic rings. The van der Waals surface area contributed by atoms with Crippen LogP contribution >= 0.6 is 0 Å². The number of hydrogen-bond acceptors (Lipinski definition) is 5. The van der Waals surface area contributed by atoms with Gasteiger partial charge in [0, 0.05) is 6.04 Å². The van der Waals surface area contributed by atoms with Crippen molar-refractivity contribution in [3.05, 3.63) is 0 Å². The SMILES string of the molecule is NC(N)CCC(N)CCC(N)N. The summed E-state index contributed by atoms with van der Waals surface area (Å²) >= 11 is 0. The molecule has 0 aromatic rings. The minimum Gasteiger partial charge on any atom is -0.328 e. The molecular weight excluding hydrogens is 154 g/mol. The largest absolute Gasteiger partial charge is 0.328 e. The monoisotopic (exact) mass is 175 g/mol. The van der Waals surface area contributed by atoms with E-state index in [1.807, 2.05) is 0 Å². The summed E-state index contributed by atoms with van der Waals surface area (Å²) < 4.78 is 0. The van der Waals surface area contributed by atoms with Gasteiger partial charge in [-0.15, -0.1) is 0 Å². The van der Waals surface area contributed by atoms with Crippen LogP contribution in [0.2, 0.25) is 0 Å². The van der Waals surface area contributed by atoms with Crippen molar-refractivity contribution >= 4 is 0 Å². The van der Waals surface area contributed by atoms with E-state index in [2.05, 4.69) is 0 Å². The average molecular weight is 175 g/mol. The van der Waals surface area contributed by atoms with Crippen LogP contribution in [0.4, 0.5) is 0 Å². The Morgan fingerprint density at radius 2 is 0.917 bits per heavy atom. The van der Waals surface area contributed by atoms with Gasteiger partial charge >= 0.3 is 0 Å². The molecule has 0 rings (SSSR count). The third-order valence-electron chi connectivity index (χ3n) is 1.74. The first-order valence-electron chi connectivity index (χ1n) is 4.30.